The number of nitrogens with one attached hydrogen (secondary N) is 1. The number of H-pyrrole nitrogens is 1. The number of carboxylic acids is 1. The van der Waals surface area contributed by atoms with Crippen molar-refractivity contribution >= 4 is 5.97 Å². The molecule has 0 radical (unpaired) electrons. The third-order valence-electron chi connectivity index (χ3n) is 2.58. The average Bonchev–Trinajstić information content (AvgIpc) is 2.62. The molecule has 0 aromatic carbocycles. The summed E-state index contributed by atoms with van der Waals surface area (Å²) >= 11 is 0. The van der Waals surface area contributed by atoms with E-state index in [0.29, 0.717) is 0 Å². The van der Waals surface area contributed by atoms with E-state index >= 15 is 0 Å². The third-order valence-corrected chi connectivity index (χ3v) is 2.58. The van der Waals surface area contributed by atoms with Crippen LogP contribution in [0.3, 0.4) is 0 Å². The predicted molar refractivity (Wildman–Crippen MR) is 54.0 cm³/mol. The summed E-state index contributed by atoms with van der Waals surface area (Å²) in [6.45, 7) is 0. The van der Waals surface area contributed by atoms with Crippen LogP contribution in [0.1, 0.15) is 35.8 Å². The van der Waals surface area contributed by atoms with Crippen LogP contribution in [0.4, 0.5) is 0 Å². The zero-order valence-corrected chi connectivity index (χ0v) is 8.14. The van der Waals surface area contributed by atoms with Gasteiger partial charge in [-0.15, -0.1) is 0 Å². The summed E-state index contributed by atoms with van der Waals surface area (Å²) in [5.74, 6) is -1.10. The summed E-state index contributed by atoms with van der Waals surface area (Å²) in [6, 6.07) is 1.19. The lowest BCUT2D eigenvalue weighted by molar-refractivity contribution is 0.0689. The van der Waals surface area contributed by atoms with Crippen molar-refractivity contribution in [1.82, 2.24) is 9.78 Å². The molecule has 0 saturated carbocycles. The fraction of sp³-hybridized carbons (Fsp3) is 0.400. The van der Waals surface area contributed by atoms with Crippen LogP contribution in [0.15, 0.2) is 23.0 Å². The van der Waals surface area contributed by atoms with Gasteiger partial charge in [0.1, 0.15) is 5.69 Å². The van der Waals surface area contributed by atoms with E-state index < -0.39 is 5.97 Å². The predicted octanol–water partition coefficient (Wildman–Crippen LogP) is 1.16. The van der Waals surface area contributed by atoms with E-state index in [1.165, 1.54) is 4.68 Å². The van der Waals surface area contributed by atoms with Crippen molar-refractivity contribution in [3.63, 3.8) is 0 Å². The highest BCUT2D eigenvalue weighted by atomic mass is 16.4. The Morgan fingerprint density at radius 2 is 2.33 bits per heavy atom. The SMILES string of the molecule is O=C(O)c1cc(=O)n(C2CC=CCC2)[nH]1. The fourth-order valence-electron chi connectivity index (χ4n) is 1.80. The van der Waals surface area contributed by atoms with Crippen molar-refractivity contribution in [3.8, 4) is 0 Å². The molecule has 1 aliphatic carbocycles. The Hall–Kier alpha value is -1.78. The van der Waals surface area contributed by atoms with E-state index in [4.69, 9.17) is 5.11 Å². The molecule has 1 aliphatic rings. The van der Waals surface area contributed by atoms with Gasteiger partial charge >= 0.3 is 5.97 Å². The summed E-state index contributed by atoms with van der Waals surface area (Å²) in [4.78, 5) is 22.1. The minimum Gasteiger partial charge on any atom is -0.477 e. The number of aromatic nitrogens is 2. The molecule has 1 aromatic rings. The second-order valence-electron chi connectivity index (χ2n) is 3.62. The number of hydrogen-bond acceptors (Lipinski definition) is 2. The van der Waals surface area contributed by atoms with E-state index in [-0.39, 0.29) is 17.3 Å². The molecule has 5 nitrogen and oxygen atoms in total. The molecular formula is C10H12N2O3. The van der Waals surface area contributed by atoms with Crippen molar-refractivity contribution in [1.29, 1.82) is 0 Å². The highest BCUT2D eigenvalue weighted by Crippen LogP contribution is 2.21. The van der Waals surface area contributed by atoms with Gasteiger partial charge in [0.15, 0.2) is 0 Å². The summed E-state index contributed by atoms with van der Waals surface area (Å²) in [6.07, 6.45) is 6.67. The van der Waals surface area contributed by atoms with Crippen molar-refractivity contribution < 1.29 is 9.90 Å². The number of rotatable bonds is 2. The molecule has 1 heterocycles. The first-order valence-corrected chi connectivity index (χ1v) is 4.88. The smallest absolute Gasteiger partial charge is 0.353 e. The van der Waals surface area contributed by atoms with E-state index in [2.05, 4.69) is 11.2 Å². The van der Waals surface area contributed by atoms with Gasteiger partial charge in [0.25, 0.3) is 5.56 Å². The van der Waals surface area contributed by atoms with Crippen LogP contribution in [-0.4, -0.2) is 20.9 Å². The topological polar surface area (TPSA) is 75.1 Å². The number of carboxylic acid groups (broad SMARTS) is 1. The summed E-state index contributed by atoms with van der Waals surface area (Å²) < 4.78 is 1.41. The van der Waals surface area contributed by atoms with Crippen LogP contribution >= 0.6 is 0 Å². The van der Waals surface area contributed by atoms with E-state index in [1.54, 1.807) is 0 Å². The summed E-state index contributed by atoms with van der Waals surface area (Å²) in [5, 5.41) is 11.3. The maximum absolute atomic E-state index is 11.5. The lowest BCUT2D eigenvalue weighted by Crippen LogP contribution is -2.22. The number of aromatic carboxylic acids is 1. The Morgan fingerprint density at radius 3 is 2.87 bits per heavy atom. The zero-order chi connectivity index (χ0) is 10.8. The zero-order valence-electron chi connectivity index (χ0n) is 8.14. The van der Waals surface area contributed by atoms with Crippen molar-refractivity contribution in [2.24, 2.45) is 0 Å². The van der Waals surface area contributed by atoms with Crippen LogP contribution in [-0.2, 0) is 0 Å². The molecule has 1 unspecified atom stereocenters. The second-order valence-corrected chi connectivity index (χ2v) is 3.62. The molecular weight excluding hydrogens is 196 g/mol. The first-order valence-electron chi connectivity index (χ1n) is 4.88. The fourth-order valence-corrected chi connectivity index (χ4v) is 1.80. The number of aromatic amines is 1. The van der Waals surface area contributed by atoms with Gasteiger partial charge in [0.05, 0.1) is 6.04 Å². The number of hydrogen-bond donors (Lipinski definition) is 2. The van der Waals surface area contributed by atoms with Gasteiger partial charge in [-0.3, -0.25) is 9.89 Å². The van der Waals surface area contributed by atoms with Crippen molar-refractivity contribution in [2.45, 2.75) is 25.3 Å². The molecule has 0 aliphatic heterocycles. The van der Waals surface area contributed by atoms with E-state index in [1.807, 2.05) is 6.08 Å². The standard InChI is InChI=1S/C10H12N2O3/c13-9-6-8(10(14)15)11-12(9)7-4-2-1-3-5-7/h1-2,6-7,11H,3-5H2,(H,14,15). The van der Waals surface area contributed by atoms with Crippen LogP contribution in [0.25, 0.3) is 0 Å². The minimum absolute atomic E-state index is 0.0467. The van der Waals surface area contributed by atoms with Gasteiger partial charge in [0.2, 0.25) is 0 Å². The maximum atomic E-state index is 11.5. The first kappa shape index (κ1) is 9.76. The molecule has 80 valence electrons. The quantitative estimate of drug-likeness (QED) is 0.716. The molecule has 0 amide bonds. The molecule has 15 heavy (non-hydrogen) atoms. The number of nitrogens with zero attached hydrogens (tertiary/aromatic N) is 1. The molecule has 0 saturated heterocycles. The van der Waals surface area contributed by atoms with Gasteiger partial charge in [0, 0.05) is 6.07 Å². The maximum Gasteiger partial charge on any atom is 0.353 e. The third kappa shape index (κ3) is 1.86. The highest BCUT2D eigenvalue weighted by molar-refractivity contribution is 5.85. The van der Waals surface area contributed by atoms with Gasteiger partial charge in [-0.25, -0.2) is 9.48 Å². The molecule has 5 heteroatoms. The second kappa shape index (κ2) is 3.76. The average molecular weight is 208 g/mol. The van der Waals surface area contributed by atoms with Gasteiger partial charge < -0.3 is 5.11 Å². The molecule has 1 aromatic heterocycles. The highest BCUT2D eigenvalue weighted by Gasteiger charge is 2.17. The molecule has 0 fully saturated rings. The Morgan fingerprint density at radius 1 is 1.53 bits per heavy atom. The van der Waals surface area contributed by atoms with E-state index in [9.17, 15) is 9.59 Å². The first-order chi connectivity index (χ1) is 7.18. The van der Waals surface area contributed by atoms with Gasteiger partial charge in [-0.2, -0.15) is 0 Å². The summed E-state index contributed by atoms with van der Waals surface area (Å²) in [5.41, 5.74) is -0.317. The summed E-state index contributed by atoms with van der Waals surface area (Å²) in [7, 11) is 0. The van der Waals surface area contributed by atoms with Gasteiger partial charge in [-0.05, 0) is 19.3 Å². The van der Waals surface area contributed by atoms with Crippen molar-refractivity contribution in [2.75, 3.05) is 0 Å². The Bertz CT molecular complexity index is 455. The normalized spacial score (nSPS) is 20.4. The van der Waals surface area contributed by atoms with Gasteiger partial charge in [-0.1, -0.05) is 12.2 Å². The van der Waals surface area contributed by atoms with Crippen molar-refractivity contribution in [3.05, 3.63) is 34.3 Å². The molecule has 1 atom stereocenters. The monoisotopic (exact) mass is 208 g/mol. The Balaban J connectivity index is 2.31. The number of carbonyl (C=O) groups is 1. The Labute approximate surface area is 86.0 Å². The van der Waals surface area contributed by atoms with Crippen LogP contribution < -0.4 is 5.56 Å². The minimum atomic E-state index is -1.10. The van der Waals surface area contributed by atoms with Crippen LogP contribution in [0.2, 0.25) is 0 Å². The van der Waals surface area contributed by atoms with E-state index in [0.717, 1.165) is 25.3 Å². The lowest BCUT2D eigenvalue weighted by Gasteiger charge is -2.18. The largest absolute Gasteiger partial charge is 0.477 e. The molecule has 0 spiro atoms. The molecule has 0 bridgehead atoms. The lowest BCUT2D eigenvalue weighted by atomic mass is 10.0. The van der Waals surface area contributed by atoms with Crippen LogP contribution in [0.5, 0.6) is 0 Å². The number of allylic oxidation sites excluding steroid dienone is 2. The Kier molecular flexibility index (Phi) is 2.45. The molecule has 2 rings (SSSR count). The van der Waals surface area contributed by atoms with Crippen LogP contribution in [0, 0.1) is 0 Å². The molecule has 2 N–H and O–H groups in total.